The zero-order valence-electron chi connectivity index (χ0n) is 9.67. The molecule has 0 saturated carbocycles. The van der Waals surface area contributed by atoms with Crippen LogP contribution in [0.4, 0.5) is 0 Å². The maximum Gasteiger partial charge on any atom is 0.274 e. The van der Waals surface area contributed by atoms with Crippen LogP contribution in [0.3, 0.4) is 0 Å². The molecule has 2 nitrogen and oxygen atoms in total. The smallest absolute Gasteiger partial charge is 0.229 e. The number of hydrogen-bond acceptors (Lipinski definition) is 1. The number of rotatable bonds is 2. The molecule has 0 fully saturated rings. The zero-order chi connectivity index (χ0) is 11.7. The van der Waals surface area contributed by atoms with E-state index in [9.17, 15) is 0 Å². The van der Waals surface area contributed by atoms with Gasteiger partial charge in [-0.05, 0) is 24.3 Å². The Bertz CT molecular complexity index is 595. The van der Waals surface area contributed by atoms with E-state index < -0.39 is 0 Å². The fourth-order valence-corrected chi connectivity index (χ4v) is 2.00. The van der Waals surface area contributed by atoms with Crippen LogP contribution in [0.15, 0.2) is 65.7 Å². The van der Waals surface area contributed by atoms with Crippen LogP contribution in [0, 0.1) is 0 Å². The van der Waals surface area contributed by atoms with E-state index in [4.69, 9.17) is 0 Å². The molecular weight excluding hydrogens is 208 g/mol. The molecule has 0 amide bonds. The predicted octanol–water partition coefficient (Wildman–Crippen LogP) is 2.54. The van der Waals surface area contributed by atoms with Crippen LogP contribution in [0.2, 0.25) is 0 Å². The van der Waals surface area contributed by atoms with E-state index in [0.29, 0.717) is 0 Å². The molecule has 2 aromatic rings. The largest absolute Gasteiger partial charge is 0.274 e. The number of hydrogen-bond donors (Lipinski definition) is 0. The van der Waals surface area contributed by atoms with Crippen molar-refractivity contribution in [1.29, 1.82) is 0 Å². The van der Waals surface area contributed by atoms with Gasteiger partial charge in [-0.15, -0.1) is 0 Å². The van der Waals surface area contributed by atoms with Crippen LogP contribution in [-0.2, 0) is 0 Å². The van der Waals surface area contributed by atoms with Crippen LogP contribution >= 0.6 is 0 Å². The molecule has 0 N–H and O–H groups in total. The monoisotopic (exact) mass is 221 g/mol. The van der Waals surface area contributed by atoms with Gasteiger partial charge in [0.1, 0.15) is 0 Å². The van der Waals surface area contributed by atoms with Gasteiger partial charge in [-0.1, -0.05) is 41.4 Å². The minimum atomic E-state index is 1.03. The molecule has 0 radical (unpaired) electrons. The fraction of sp³-hybridized carbons (Fsp3) is 0.0667. The highest BCUT2D eigenvalue weighted by atomic mass is 15.2. The van der Waals surface area contributed by atoms with Gasteiger partial charge in [0.05, 0.1) is 18.2 Å². The molecule has 3 rings (SSSR count). The van der Waals surface area contributed by atoms with Crippen LogP contribution < -0.4 is 0 Å². The van der Waals surface area contributed by atoms with Crippen molar-refractivity contribution in [3.63, 3.8) is 0 Å². The van der Waals surface area contributed by atoms with Crippen molar-refractivity contribution < 1.29 is 4.58 Å². The molecule has 0 aliphatic carbocycles. The number of benzene rings is 2. The summed E-state index contributed by atoms with van der Waals surface area (Å²) in [7, 11) is 2.05. The Morgan fingerprint density at radius 2 is 1.29 bits per heavy atom. The van der Waals surface area contributed by atoms with Gasteiger partial charge in [-0.2, -0.15) is 0 Å². The molecule has 0 bridgehead atoms. The third-order valence-corrected chi connectivity index (χ3v) is 2.91. The van der Waals surface area contributed by atoms with Crippen molar-refractivity contribution in [2.24, 2.45) is 4.99 Å². The zero-order valence-corrected chi connectivity index (χ0v) is 9.67. The van der Waals surface area contributed by atoms with Crippen molar-refractivity contribution in [3.05, 3.63) is 71.8 Å². The average Bonchev–Trinajstić information content (AvgIpc) is 2.40. The summed E-state index contributed by atoms with van der Waals surface area (Å²) in [6, 6.07) is 20.5. The van der Waals surface area contributed by atoms with E-state index >= 15 is 0 Å². The Labute approximate surface area is 101 Å². The van der Waals surface area contributed by atoms with E-state index in [1.165, 1.54) is 0 Å². The molecule has 0 aromatic heterocycles. The second-order valence-electron chi connectivity index (χ2n) is 4.05. The Balaban J connectivity index is 1.92. The van der Waals surface area contributed by atoms with Gasteiger partial charge in [0.2, 0.25) is 0 Å². The lowest BCUT2D eigenvalue weighted by molar-refractivity contribution is -0.382. The molecule has 17 heavy (non-hydrogen) atoms. The van der Waals surface area contributed by atoms with Gasteiger partial charge in [0, 0.05) is 0 Å². The summed E-state index contributed by atoms with van der Waals surface area (Å²) in [6.07, 6.45) is 0. The van der Waals surface area contributed by atoms with Gasteiger partial charge in [0.25, 0.3) is 11.7 Å². The molecule has 0 unspecified atom stereocenters. The topological polar surface area (TPSA) is 15.4 Å². The number of aliphatic imine (C=N–C) groups is 1. The summed E-state index contributed by atoms with van der Waals surface area (Å²) in [5, 5.41) is 0. The number of nitrogens with zero attached hydrogens (tertiary/aromatic N) is 2. The predicted molar refractivity (Wildman–Crippen MR) is 69.7 cm³/mol. The first-order valence-corrected chi connectivity index (χ1v) is 5.66. The summed E-state index contributed by atoms with van der Waals surface area (Å²) in [6.45, 7) is 0. The average molecular weight is 221 g/mol. The van der Waals surface area contributed by atoms with Crippen molar-refractivity contribution >= 4 is 11.7 Å². The highest BCUT2D eigenvalue weighted by molar-refractivity contribution is 6.14. The van der Waals surface area contributed by atoms with E-state index in [1.807, 2.05) is 36.4 Å². The lowest BCUT2D eigenvalue weighted by Crippen LogP contribution is -2.34. The van der Waals surface area contributed by atoms with Crippen molar-refractivity contribution in [2.45, 2.75) is 0 Å². The minimum Gasteiger partial charge on any atom is -0.229 e. The first kappa shape index (κ1) is 9.97. The maximum absolute atomic E-state index is 4.60. The van der Waals surface area contributed by atoms with Crippen LogP contribution in [-0.4, -0.2) is 23.3 Å². The maximum atomic E-state index is 4.60. The lowest BCUT2D eigenvalue weighted by atomic mass is 10.1. The Morgan fingerprint density at radius 1 is 0.765 bits per heavy atom. The highest BCUT2D eigenvalue weighted by Crippen LogP contribution is 2.14. The van der Waals surface area contributed by atoms with Crippen molar-refractivity contribution in [2.75, 3.05) is 7.05 Å². The number of amidine groups is 2. The van der Waals surface area contributed by atoms with Gasteiger partial charge < -0.3 is 0 Å². The molecule has 2 heteroatoms. The lowest BCUT2D eigenvalue weighted by Gasteiger charge is -2.15. The van der Waals surface area contributed by atoms with E-state index in [1.54, 1.807) is 0 Å². The van der Waals surface area contributed by atoms with Gasteiger partial charge >= 0.3 is 0 Å². The molecule has 82 valence electrons. The summed E-state index contributed by atoms with van der Waals surface area (Å²) in [5.41, 5.74) is 2.32. The van der Waals surface area contributed by atoms with Crippen LogP contribution in [0.25, 0.3) is 0 Å². The second kappa shape index (κ2) is 3.98. The standard InChI is InChI=1S/C15H13N2/c1-17-14(12-8-4-2-5-9-12)16-15(17)13-10-6-3-7-11-13/h2-11H,1H3/q+1. The summed E-state index contributed by atoms with van der Waals surface area (Å²) in [5.74, 6) is 2.06. The van der Waals surface area contributed by atoms with E-state index in [2.05, 4.69) is 40.9 Å². The third-order valence-electron chi connectivity index (χ3n) is 2.91. The first-order valence-electron chi connectivity index (χ1n) is 5.66. The van der Waals surface area contributed by atoms with E-state index in [0.717, 1.165) is 22.8 Å². The summed E-state index contributed by atoms with van der Waals surface area (Å²) in [4.78, 5) is 4.60. The van der Waals surface area contributed by atoms with Crippen molar-refractivity contribution in [1.82, 2.24) is 0 Å². The third kappa shape index (κ3) is 1.68. The summed E-state index contributed by atoms with van der Waals surface area (Å²) >= 11 is 0. The van der Waals surface area contributed by atoms with Crippen LogP contribution in [0.1, 0.15) is 11.1 Å². The Hall–Kier alpha value is -2.22. The first-order chi connectivity index (χ1) is 8.36. The quantitative estimate of drug-likeness (QED) is 0.692. The minimum absolute atomic E-state index is 1.03. The molecule has 1 aliphatic heterocycles. The molecular formula is C15H13N2+. The normalized spacial score (nSPS) is 14.3. The van der Waals surface area contributed by atoms with E-state index in [-0.39, 0.29) is 0 Å². The molecule has 0 saturated heterocycles. The molecule has 0 spiro atoms. The SMILES string of the molecule is C[N+]1=C(c2ccccc2)N=C1c1ccccc1. The molecule has 1 heterocycles. The molecule has 2 aromatic carbocycles. The van der Waals surface area contributed by atoms with Crippen LogP contribution in [0.5, 0.6) is 0 Å². The van der Waals surface area contributed by atoms with Gasteiger partial charge in [-0.25, -0.2) is 4.58 Å². The Kier molecular flexibility index (Phi) is 2.33. The van der Waals surface area contributed by atoms with Crippen molar-refractivity contribution in [3.8, 4) is 0 Å². The molecule has 0 atom stereocenters. The van der Waals surface area contributed by atoms with Gasteiger partial charge in [0.15, 0.2) is 0 Å². The van der Waals surface area contributed by atoms with Gasteiger partial charge in [-0.3, -0.25) is 0 Å². The second-order valence-corrected chi connectivity index (χ2v) is 4.05. The highest BCUT2D eigenvalue weighted by Gasteiger charge is 2.27. The summed E-state index contributed by atoms with van der Waals surface area (Å²) < 4.78 is 2.13. The Morgan fingerprint density at radius 3 is 1.82 bits per heavy atom. The fourth-order valence-electron chi connectivity index (χ4n) is 2.00. The molecule has 1 aliphatic rings.